The van der Waals surface area contributed by atoms with E-state index in [0.29, 0.717) is 12.2 Å². The van der Waals surface area contributed by atoms with Gasteiger partial charge >= 0.3 is 5.97 Å². The Bertz CT molecular complexity index is 414. The predicted octanol–water partition coefficient (Wildman–Crippen LogP) is 1.74. The van der Waals surface area contributed by atoms with Gasteiger partial charge in [-0.25, -0.2) is 0 Å². The number of rotatable bonds is 6. The summed E-state index contributed by atoms with van der Waals surface area (Å²) in [7, 11) is 2.93. The van der Waals surface area contributed by atoms with Crippen molar-refractivity contribution in [1.29, 1.82) is 0 Å². The van der Waals surface area contributed by atoms with Gasteiger partial charge in [0.05, 0.1) is 20.3 Å². The van der Waals surface area contributed by atoms with Crippen LogP contribution in [0.5, 0.6) is 11.5 Å². The first-order valence-electron chi connectivity index (χ1n) is 6.07. The molecule has 0 fully saturated rings. The molecule has 0 spiro atoms. The zero-order valence-corrected chi connectivity index (χ0v) is 11.8. The lowest BCUT2D eigenvalue weighted by Gasteiger charge is -2.25. The number of carbonyl (C=O) groups is 1. The molecule has 5 nitrogen and oxygen atoms in total. The van der Waals surface area contributed by atoms with Crippen molar-refractivity contribution in [1.82, 2.24) is 0 Å². The molecule has 1 aromatic rings. The van der Waals surface area contributed by atoms with Crippen molar-refractivity contribution in [3.05, 3.63) is 24.3 Å². The van der Waals surface area contributed by atoms with Gasteiger partial charge in [0.15, 0.2) is 0 Å². The van der Waals surface area contributed by atoms with Gasteiger partial charge in [0.25, 0.3) is 0 Å². The van der Waals surface area contributed by atoms with E-state index in [1.165, 1.54) is 7.11 Å². The van der Waals surface area contributed by atoms with Crippen molar-refractivity contribution >= 4 is 5.97 Å². The lowest BCUT2D eigenvalue weighted by atomic mass is 9.96. The van der Waals surface area contributed by atoms with Crippen LogP contribution in [0.2, 0.25) is 0 Å². The zero-order chi connectivity index (χ0) is 14.5. The van der Waals surface area contributed by atoms with Gasteiger partial charge in [-0.2, -0.15) is 0 Å². The van der Waals surface area contributed by atoms with E-state index in [-0.39, 0.29) is 6.10 Å². The molecule has 0 saturated carbocycles. The molecule has 0 saturated heterocycles. The number of benzene rings is 1. The van der Waals surface area contributed by atoms with Crippen LogP contribution in [0.25, 0.3) is 0 Å². The Labute approximate surface area is 113 Å². The summed E-state index contributed by atoms with van der Waals surface area (Å²) in [4.78, 5) is 11.5. The van der Waals surface area contributed by atoms with Gasteiger partial charge in [-0.1, -0.05) is 0 Å². The summed E-state index contributed by atoms with van der Waals surface area (Å²) in [6.45, 7) is 3.49. The van der Waals surface area contributed by atoms with Gasteiger partial charge in [-0.15, -0.1) is 0 Å². The summed E-state index contributed by atoms with van der Waals surface area (Å²) in [5.74, 6) is 1.02. The Balaban J connectivity index is 2.59. The van der Waals surface area contributed by atoms with Crippen LogP contribution < -0.4 is 15.2 Å². The van der Waals surface area contributed by atoms with Crippen LogP contribution in [0, 0.1) is 0 Å². The Morgan fingerprint density at radius 2 is 1.79 bits per heavy atom. The van der Waals surface area contributed by atoms with Crippen LogP contribution in [0.15, 0.2) is 24.3 Å². The average Bonchev–Trinajstić information content (AvgIpc) is 2.37. The maximum atomic E-state index is 11.5. The molecular formula is C14H21NO4. The maximum absolute atomic E-state index is 11.5. The van der Waals surface area contributed by atoms with Crippen LogP contribution in [0.1, 0.15) is 20.3 Å². The molecule has 1 rings (SSSR count). The first-order valence-corrected chi connectivity index (χ1v) is 6.07. The average molecular weight is 267 g/mol. The van der Waals surface area contributed by atoms with E-state index in [1.54, 1.807) is 26.2 Å². The highest BCUT2D eigenvalue weighted by atomic mass is 16.5. The second-order valence-electron chi connectivity index (χ2n) is 4.72. The first-order chi connectivity index (χ1) is 8.89. The maximum Gasteiger partial charge on any atom is 0.325 e. The predicted molar refractivity (Wildman–Crippen MR) is 72.3 cm³/mol. The Morgan fingerprint density at radius 3 is 2.26 bits per heavy atom. The van der Waals surface area contributed by atoms with Crippen LogP contribution in [0.3, 0.4) is 0 Å². The summed E-state index contributed by atoms with van der Waals surface area (Å²) in [5, 5.41) is 0. The second-order valence-corrected chi connectivity index (χ2v) is 4.72. The highest BCUT2D eigenvalue weighted by Crippen LogP contribution is 2.20. The van der Waals surface area contributed by atoms with E-state index in [4.69, 9.17) is 15.2 Å². The van der Waals surface area contributed by atoms with Gasteiger partial charge in [-0.05, 0) is 38.1 Å². The molecular weight excluding hydrogens is 246 g/mol. The van der Waals surface area contributed by atoms with Gasteiger partial charge in [0.1, 0.15) is 17.0 Å². The van der Waals surface area contributed by atoms with Crippen LogP contribution in [-0.2, 0) is 9.53 Å². The van der Waals surface area contributed by atoms with Gasteiger partial charge in [0, 0.05) is 6.42 Å². The fourth-order valence-electron chi connectivity index (χ4n) is 1.84. The summed E-state index contributed by atoms with van der Waals surface area (Å²) in [6, 6.07) is 7.23. The lowest BCUT2D eigenvalue weighted by Crippen LogP contribution is -2.48. The lowest BCUT2D eigenvalue weighted by molar-refractivity contribution is -0.147. The second kappa shape index (κ2) is 6.43. The van der Waals surface area contributed by atoms with E-state index < -0.39 is 11.5 Å². The number of hydrogen-bond acceptors (Lipinski definition) is 5. The molecule has 19 heavy (non-hydrogen) atoms. The van der Waals surface area contributed by atoms with E-state index in [1.807, 2.05) is 19.1 Å². The molecule has 0 aliphatic carbocycles. The number of hydrogen-bond donors (Lipinski definition) is 1. The molecule has 0 amide bonds. The number of methoxy groups -OCH3 is 2. The normalized spacial score (nSPS) is 15.2. The molecule has 0 bridgehead atoms. The van der Waals surface area contributed by atoms with E-state index in [0.717, 1.165) is 5.75 Å². The van der Waals surface area contributed by atoms with Crippen molar-refractivity contribution in [3.63, 3.8) is 0 Å². The number of nitrogens with two attached hydrogens (primary N) is 1. The third-order valence-electron chi connectivity index (χ3n) is 2.76. The van der Waals surface area contributed by atoms with Crippen molar-refractivity contribution in [3.8, 4) is 11.5 Å². The minimum atomic E-state index is -1.05. The summed E-state index contributed by atoms with van der Waals surface area (Å²) in [6.07, 6.45) is 0.161. The molecule has 0 aliphatic rings. The Hall–Kier alpha value is -1.75. The first kappa shape index (κ1) is 15.3. The smallest absolute Gasteiger partial charge is 0.325 e. The molecule has 2 atom stereocenters. The highest BCUT2D eigenvalue weighted by molar-refractivity contribution is 5.79. The molecule has 1 aromatic carbocycles. The zero-order valence-electron chi connectivity index (χ0n) is 11.8. The van der Waals surface area contributed by atoms with E-state index in [9.17, 15) is 4.79 Å². The monoisotopic (exact) mass is 267 g/mol. The molecule has 0 radical (unpaired) electrons. The fourth-order valence-corrected chi connectivity index (χ4v) is 1.84. The Kier molecular flexibility index (Phi) is 5.18. The third kappa shape index (κ3) is 4.44. The summed E-state index contributed by atoms with van der Waals surface area (Å²) >= 11 is 0. The fraction of sp³-hybridized carbons (Fsp3) is 0.500. The molecule has 106 valence electrons. The van der Waals surface area contributed by atoms with Gasteiger partial charge < -0.3 is 19.9 Å². The summed E-state index contributed by atoms with van der Waals surface area (Å²) < 4.78 is 15.4. The van der Waals surface area contributed by atoms with Crippen LogP contribution in [0.4, 0.5) is 0 Å². The summed E-state index contributed by atoms with van der Waals surface area (Å²) in [5.41, 5.74) is 4.84. The van der Waals surface area contributed by atoms with Crippen LogP contribution >= 0.6 is 0 Å². The molecule has 0 aliphatic heterocycles. The van der Waals surface area contributed by atoms with Gasteiger partial charge in [0.2, 0.25) is 0 Å². The van der Waals surface area contributed by atoms with Crippen molar-refractivity contribution < 1.29 is 19.0 Å². The standard InChI is InChI=1S/C14H21NO4/c1-10(9-14(2,15)13(16)18-4)19-12-7-5-11(17-3)6-8-12/h5-8,10H,9,15H2,1-4H3. The Morgan fingerprint density at radius 1 is 1.26 bits per heavy atom. The minimum Gasteiger partial charge on any atom is -0.497 e. The van der Waals surface area contributed by atoms with Crippen molar-refractivity contribution in [2.75, 3.05) is 14.2 Å². The number of esters is 1. The topological polar surface area (TPSA) is 70.8 Å². The number of carbonyl (C=O) groups excluding carboxylic acids is 1. The van der Waals surface area contributed by atoms with Crippen LogP contribution in [-0.4, -0.2) is 31.8 Å². The van der Waals surface area contributed by atoms with E-state index >= 15 is 0 Å². The van der Waals surface area contributed by atoms with Crippen molar-refractivity contribution in [2.45, 2.75) is 31.9 Å². The number of ether oxygens (including phenoxy) is 3. The molecule has 0 heterocycles. The molecule has 2 N–H and O–H groups in total. The van der Waals surface area contributed by atoms with Gasteiger partial charge in [-0.3, -0.25) is 4.79 Å². The molecule has 5 heteroatoms. The largest absolute Gasteiger partial charge is 0.497 e. The highest BCUT2D eigenvalue weighted by Gasteiger charge is 2.32. The molecule has 2 unspecified atom stereocenters. The minimum absolute atomic E-state index is 0.206. The van der Waals surface area contributed by atoms with E-state index in [2.05, 4.69) is 4.74 Å². The third-order valence-corrected chi connectivity index (χ3v) is 2.76. The quantitative estimate of drug-likeness (QED) is 0.795. The SMILES string of the molecule is COC(=O)C(C)(N)CC(C)Oc1ccc(OC)cc1. The molecule has 0 aromatic heterocycles. The van der Waals surface area contributed by atoms with Crippen molar-refractivity contribution in [2.24, 2.45) is 5.73 Å².